The van der Waals surface area contributed by atoms with Crippen molar-refractivity contribution in [2.75, 3.05) is 25.5 Å². The SMILES string of the molecule is CNc1snnc1CN1CC(C)CC(C)C1. The second-order valence-corrected chi connectivity index (χ2v) is 5.69. The van der Waals surface area contributed by atoms with E-state index in [1.165, 1.54) is 31.0 Å². The molecule has 4 nitrogen and oxygen atoms in total. The maximum Gasteiger partial charge on any atom is 0.134 e. The van der Waals surface area contributed by atoms with Gasteiger partial charge in [0.1, 0.15) is 10.7 Å². The summed E-state index contributed by atoms with van der Waals surface area (Å²) in [6.07, 6.45) is 1.35. The molecule has 0 amide bonds. The molecule has 1 aliphatic heterocycles. The molecule has 1 aliphatic rings. The Morgan fingerprint density at radius 1 is 1.38 bits per heavy atom. The van der Waals surface area contributed by atoms with Crippen LogP contribution in [0.5, 0.6) is 0 Å². The highest BCUT2D eigenvalue weighted by Crippen LogP contribution is 2.24. The van der Waals surface area contributed by atoms with Gasteiger partial charge in [-0.25, -0.2) is 0 Å². The Hall–Kier alpha value is -0.680. The molecular formula is C11H20N4S. The first-order valence-electron chi connectivity index (χ1n) is 5.90. The lowest BCUT2D eigenvalue weighted by atomic mass is 9.92. The maximum absolute atomic E-state index is 4.20. The largest absolute Gasteiger partial charge is 0.377 e. The van der Waals surface area contributed by atoms with Crippen LogP contribution in [0.1, 0.15) is 26.0 Å². The van der Waals surface area contributed by atoms with Crippen molar-refractivity contribution in [1.29, 1.82) is 0 Å². The molecule has 16 heavy (non-hydrogen) atoms. The van der Waals surface area contributed by atoms with Gasteiger partial charge in [-0.2, -0.15) is 0 Å². The lowest BCUT2D eigenvalue weighted by molar-refractivity contribution is 0.133. The molecule has 1 fully saturated rings. The smallest absolute Gasteiger partial charge is 0.134 e. The first-order valence-corrected chi connectivity index (χ1v) is 6.67. The molecule has 1 aromatic rings. The summed E-state index contributed by atoms with van der Waals surface area (Å²) in [5, 5.41) is 8.45. The Bertz CT molecular complexity index is 328. The van der Waals surface area contributed by atoms with Crippen LogP contribution in [0.2, 0.25) is 0 Å². The van der Waals surface area contributed by atoms with Crippen molar-refractivity contribution in [2.45, 2.75) is 26.8 Å². The van der Waals surface area contributed by atoms with Crippen molar-refractivity contribution in [3.05, 3.63) is 5.69 Å². The summed E-state index contributed by atoms with van der Waals surface area (Å²) in [4.78, 5) is 2.50. The predicted molar refractivity (Wildman–Crippen MR) is 67.7 cm³/mol. The number of likely N-dealkylation sites (tertiary alicyclic amines) is 1. The van der Waals surface area contributed by atoms with Gasteiger partial charge in [0.25, 0.3) is 0 Å². The molecule has 1 saturated heterocycles. The van der Waals surface area contributed by atoms with Crippen LogP contribution in [-0.4, -0.2) is 34.6 Å². The van der Waals surface area contributed by atoms with E-state index in [1.54, 1.807) is 0 Å². The van der Waals surface area contributed by atoms with Crippen LogP contribution < -0.4 is 5.32 Å². The third kappa shape index (κ3) is 2.71. The summed E-state index contributed by atoms with van der Waals surface area (Å²) in [5.41, 5.74) is 1.09. The molecule has 1 N–H and O–H groups in total. The Morgan fingerprint density at radius 2 is 2.06 bits per heavy atom. The second-order valence-electron chi connectivity index (χ2n) is 4.94. The number of rotatable bonds is 3. The fraction of sp³-hybridized carbons (Fsp3) is 0.818. The van der Waals surface area contributed by atoms with Crippen LogP contribution in [0.25, 0.3) is 0 Å². The van der Waals surface area contributed by atoms with Gasteiger partial charge < -0.3 is 5.32 Å². The van der Waals surface area contributed by atoms with Crippen LogP contribution in [0.15, 0.2) is 0 Å². The fourth-order valence-electron chi connectivity index (χ4n) is 2.63. The van der Waals surface area contributed by atoms with Crippen molar-refractivity contribution in [3.8, 4) is 0 Å². The second kappa shape index (κ2) is 5.10. The molecule has 2 atom stereocenters. The molecule has 0 radical (unpaired) electrons. The van der Waals surface area contributed by atoms with E-state index < -0.39 is 0 Å². The normalized spacial score (nSPS) is 26.9. The highest BCUT2D eigenvalue weighted by Gasteiger charge is 2.23. The topological polar surface area (TPSA) is 41.1 Å². The van der Waals surface area contributed by atoms with E-state index in [0.717, 1.165) is 29.1 Å². The summed E-state index contributed by atoms with van der Waals surface area (Å²) in [7, 11) is 1.93. The van der Waals surface area contributed by atoms with Gasteiger partial charge in [-0.15, -0.1) is 5.10 Å². The molecule has 2 rings (SSSR count). The van der Waals surface area contributed by atoms with Crippen molar-refractivity contribution in [3.63, 3.8) is 0 Å². The van der Waals surface area contributed by atoms with Gasteiger partial charge in [0.2, 0.25) is 0 Å². The lowest BCUT2D eigenvalue weighted by Crippen LogP contribution is -2.38. The van der Waals surface area contributed by atoms with Gasteiger partial charge in [-0.1, -0.05) is 18.3 Å². The Morgan fingerprint density at radius 3 is 2.69 bits per heavy atom. The number of hydrogen-bond donors (Lipinski definition) is 1. The molecule has 2 heterocycles. The van der Waals surface area contributed by atoms with Crippen LogP contribution in [-0.2, 0) is 6.54 Å². The average Bonchev–Trinajstić information content (AvgIpc) is 2.63. The maximum atomic E-state index is 4.20. The molecular weight excluding hydrogens is 220 g/mol. The number of aromatic nitrogens is 2. The van der Waals surface area contributed by atoms with Crippen LogP contribution in [0, 0.1) is 11.8 Å². The van der Waals surface area contributed by atoms with Gasteiger partial charge in [0, 0.05) is 38.2 Å². The summed E-state index contributed by atoms with van der Waals surface area (Å²) in [6, 6.07) is 0. The highest BCUT2D eigenvalue weighted by atomic mass is 32.1. The summed E-state index contributed by atoms with van der Waals surface area (Å²) in [5.74, 6) is 1.60. The molecule has 0 bridgehead atoms. The first kappa shape index (κ1) is 11.8. The molecule has 0 aliphatic carbocycles. The minimum atomic E-state index is 0.799. The van der Waals surface area contributed by atoms with Crippen LogP contribution >= 0.6 is 11.5 Å². The summed E-state index contributed by atoms with van der Waals surface area (Å²) < 4.78 is 4.00. The zero-order chi connectivity index (χ0) is 11.5. The van der Waals surface area contributed by atoms with E-state index in [-0.39, 0.29) is 0 Å². The van der Waals surface area contributed by atoms with Gasteiger partial charge in [-0.05, 0) is 18.3 Å². The molecule has 90 valence electrons. The number of nitrogens with one attached hydrogen (secondary N) is 1. The number of piperidine rings is 1. The Balaban J connectivity index is 1.98. The molecule has 0 aromatic carbocycles. The zero-order valence-electron chi connectivity index (χ0n) is 10.2. The van der Waals surface area contributed by atoms with Crippen LogP contribution in [0.3, 0.4) is 0 Å². The molecule has 2 unspecified atom stereocenters. The van der Waals surface area contributed by atoms with E-state index in [2.05, 4.69) is 33.7 Å². The Labute approximate surface area is 101 Å². The molecule has 0 saturated carbocycles. The van der Waals surface area contributed by atoms with Crippen molar-refractivity contribution in [1.82, 2.24) is 14.5 Å². The van der Waals surface area contributed by atoms with E-state index in [0.29, 0.717) is 0 Å². The summed E-state index contributed by atoms with van der Waals surface area (Å²) >= 11 is 1.44. The van der Waals surface area contributed by atoms with Gasteiger partial charge in [-0.3, -0.25) is 4.90 Å². The van der Waals surface area contributed by atoms with Gasteiger partial charge >= 0.3 is 0 Å². The monoisotopic (exact) mass is 240 g/mol. The number of nitrogens with zero attached hydrogens (tertiary/aromatic N) is 3. The minimum Gasteiger partial charge on any atom is -0.377 e. The number of anilines is 1. The number of hydrogen-bond acceptors (Lipinski definition) is 5. The van der Waals surface area contributed by atoms with Crippen molar-refractivity contribution < 1.29 is 0 Å². The van der Waals surface area contributed by atoms with E-state index in [4.69, 9.17) is 0 Å². The first-order chi connectivity index (χ1) is 7.69. The average molecular weight is 240 g/mol. The minimum absolute atomic E-state index is 0.799. The van der Waals surface area contributed by atoms with E-state index >= 15 is 0 Å². The van der Waals surface area contributed by atoms with Crippen molar-refractivity contribution in [2.24, 2.45) is 11.8 Å². The fourth-order valence-corrected chi connectivity index (χ4v) is 3.16. The van der Waals surface area contributed by atoms with E-state index in [9.17, 15) is 0 Å². The van der Waals surface area contributed by atoms with Gasteiger partial charge in [0.15, 0.2) is 0 Å². The lowest BCUT2D eigenvalue weighted by Gasteiger charge is -2.34. The van der Waals surface area contributed by atoms with E-state index in [1.807, 2.05) is 7.05 Å². The quantitative estimate of drug-likeness (QED) is 0.878. The zero-order valence-corrected chi connectivity index (χ0v) is 11.0. The molecule has 1 aromatic heterocycles. The molecule has 5 heteroatoms. The van der Waals surface area contributed by atoms with Crippen LogP contribution in [0.4, 0.5) is 5.00 Å². The Kier molecular flexibility index (Phi) is 3.76. The van der Waals surface area contributed by atoms with Crippen molar-refractivity contribution >= 4 is 16.5 Å². The van der Waals surface area contributed by atoms with Gasteiger partial charge in [0.05, 0.1) is 0 Å². The molecule has 0 spiro atoms. The standard InChI is InChI=1S/C11H20N4S/c1-8-4-9(2)6-15(5-8)7-10-11(12-3)16-14-13-10/h8-9,12H,4-7H2,1-3H3. The predicted octanol–water partition coefficient (Wildman–Crippen LogP) is 2.06. The summed E-state index contributed by atoms with van der Waals surface area (Å²) in [6.45, 7) is 7.97. The highest BCUT2D eigenvalue weighted by molar-refractivity contribution is 7.10. The third-order valence-electron chi connectivity index (χ3n) is 3.10. The third-order valence-corrected chi connectivity index (χ3v) is 3.89.